The number of nitrogens with zero attached hydrogens (tertiary/aromatic N) is 3. The smallest absolute Gasteiger partial charge is 0.154 e. The van der Waals surface area contributed by atoms with Crippen LogP contribution in [0.25, 0.3) is 27.3 Å². The molecule has 4 rings (SSSR count). The second kappa shape index (κ2) is 5.88. The third-order valence-corrected chi connectivity index (χ3v) is 4.66. The number of benzene rings is 1. The summed E-state index contributed by atoms with van der Waals surface area (Å²) in [5, 5.41) is 17.9. The predicted octanol–water partition coefficient (Wildman–Crippen LogP) is 3.60. The van der Waals surface area contributed by atoms with Crippen LogP contribution in [0.2, 0.25) is 0 Å². The van der Waals surface area contributed by atoms with Crippen molar-refractivity contribution in [1.82, 2.24) is 19.7 Å². The number of aromatic amines is 1. The molecule has 0 radical (unpaired) electrons. The number of aliphatic hydroxyl groups is 1. The lowest BCUT2D eigenvalue weighted by Crippen LogP contribution is -2.14. The zero-order valence-corrected chi connectivity index (χ0v) is 14.6. The molecule has 0 saturated carbocycles. The van der Waals surface area contributed by atoms with Gasteiger partial charge in [0.1, 0.15) is 5.60 Å². The first-order chi connectivity index (χ1) is 12.0. The molecule has 5 nitrogen and oxygen atoms in total. The molecule has 0 unspecified atom stereocenters. The third-order valence-electron chi connectivity index (χ3n) is 3.66. The molecule has 0 atom stereocenters. The van der Waals surface area contributed by atoms with E-state index in [4.69, 9.17) is 0 Å². The van der Waals surface area contributed by atoms with E-state index in [9.17, 15) is 5.11 Å². The maximum Gasteiger partial charge on any atom is 0.154 e. The number of H-pyrrole nitrogens is 1. The number of hydrogen-bond donors (Lipinski definition) is 2. The molecule has 0 spiro atoms. The van der Waals surface area contributed by atoms with Gasteiger partial charge in [0.2, 0.25) is 0 Å². The minimum Gasteiger partial charge on any atom is -0.378 e. The van der Waals surface area contributed by atoms with Crippen LogP contribution in [0, 0.1) is 11.8 Å². The normalized spacial score (nSPS) is 11.5. The van der Waals surface area contributed by atoms with Gasteiger partial charge in [-0.1, -0.05) is 11.8 Å². The van der Waals surface area contributed by atoms with E-state index in [1.165, 1.54) is 0 Å². The lowest BCUT2D eigenvalue weighted by Gasteiger charge is -2.06. The van der Waals surface area contributed by atoms with Gasteiger partial charge in [-0.25, -0.2) is 4.98 Å². The Bertz CT molecular complexity index is 1100. The quantitative estimate of drug-likeness (QED) is 0.544. The topological polar surface area (TPSA) is 66.7 Å². The number of rotatable bonds is 2. The molecule has 0 fully saturated rings. The van der Waals surface area contributed by atoms with Crippen molar-refractivity contribution in [3.63, 3.8) is 0 Å². The zero-order valence-electron chi connectivity index (χ0n) is 13.8. The summed E-state index contributed by atoms with van der Waals surface area (Å²) in [6.07, 6.45) is 5.53. The van der Waals surface area contributed by atoms with E-state index in [2.05, 4.69) is 33.1 Å². The van der Waals surface area contributed by atoms with Gasteiger partial charge in [-0.05, 0) is 44.2 Å². The van der Waals surface area contributed by atoms with Gasteiger partial charge in [0.15, 0.2) is 5.82 Å². The largest absolute Gasteiger partial charge is 0.378 e. The van der Waals surface area contributed by atoms with Crippen LogP contribution < -0.4 is 0 Å². The highest BCUT2D eigenvalue weighted by molar-refractivity contribution is 7.15. The first-order valence-electron chi connectivity index (χ1n) is 7.82. The molecule has 4 aromatic rings. The molecule has 124 valence electrons. The Balaban J connectivity index is 1.72. The first kappa shape index (κ1) is 15.6. The number of nitrogens with one attached hydrogen (secondary N) is 1. The van der Waals surface area contributed by atoms with Crippen molar-refractivity contribution in [1.29, 1.82) is 0 Å². The van der Waals surface area contributed by atoms with Crippen LogP contribution in [-0.2, 0) is 0 Å². The summed E-state index contributed by atoms with van der Waals surface area (Å²) in [7, 11) is 0. The fourth-order valence-electron chi connectivity index (χ4n) is 2.51. The fraction of sp³-hybridized carbons (Fsp3) is 0.158. The summed E-state index contributed by atoms with van der Waals surface area (Å²) >= 11 is 1.56. The highest BCUT2D eigenvalue weighted by Crippen LogP contribution is 2.29. The molecule has 3 aromatic heterocycles. The Hall–Kier alpha value is -2.88. The molecule has 6 heteroatoms. The monoisotopic (exact) mass is 348 g/mol. The molecule has 0 bridgehead atoms. The Morgan fingerprint density at radius 1 is 1.24 bits per heavy atom. The van der Waals surface area contributed by atoms with E-state index in [1.54, 1.807) is 37.6 Å². The first-order valence-corrected chi connectivity index (χ1v) is 8.64. The highest BCUT2D eigenvalue weighted by atomic mass is 32.1. The number of fused-ring (bicyclic) bond motifs is 1. The average Bonchev–Trinajstić information content (AvgIpc) is 3.30. The van der Waals surface area contributed by atoms with Gasteiger partial charge in [-0.3, -0.25) is 9.67 Å². The molecule has 3 heterocycles. The number of imidazole rings is 1. The summed E-state index contributed by atoms with van der Waals surface area (Å²) in [6, 6.07) is 10.1. The van der Waals surface area contributed by atoms with Crippen LogP contribution >= 0.6 is 11.3 Å². The maximum absolute atomic E-state index is 9.74. The van der Waals surface area contributed by atoms with Crippen LogP contribution in [0.1, 0.15) is 18.7 Å². The maximum atomic E-state index is 9.74. The average molecular weight is 348 g/mol. The van der Waals surface area contributed by atoms with Crippen molar-refractivity contribution >= 4 is 22.2 Å². The van der Waals surface area contributed by atoms with Crippen LogP contribution in [0.5, 0.6) is 0 Å². The third kappa shape index (κ3) is 3.20. The van der Waals surface area contributed by atoms with Crippen LogP contribution in [0.3, 0.4) is 0 Å². The number of thiophene rings is 1. The molecule has 0 aliphatic carbocycles. The molecule has 25 heavy (non-hydrogen) atoms. The molecule has 0 aliphatic heterocycles. The molecule has 2 N–H and O–H groups in total. The van der Waals surface area contributed by atoms with Crippen molar-refractivity contribution in [2.24, 2.45) is 0 Å². The second-order valence-electron chi connectivity index (χ2n) is 6.24. The van der Waals surface area contributed by atoms with E-state index < -0.39 is 5.60 Å². The SMILES string of the molecule is CC(C)(O)C#Cc1ccc(-c2nccn2-c2ccc3cn[nH]c3c2)s1. The van der Waals surface area contributed by atoms with E-state index in [0.29, 0.717) is 0 Å². The molecule has 0 saturated heterocycles. The van der Waals surface area contributed by atoms with Crippen molar-refractivity contribution < 1.29 is 5.11 Å². The molecule has 0 amide bonds. The zero-order chi connectivity index (χ0) is 17.4. The van der Waals surface area contributed by atoms with Gasteiger partial charge in [-0.2, -0.15) is 5.10 Å². The summed E-state index contributed by atoms with van der Waals surface area (Å²) in [5.74, 6) is 6.71. The standard InChI is InChI=1S/C19H16N4OS/c1-19(2,24)8-7-15-5-6-17(25-15)18-20-9-10-23(18)14-4-3-13-12-21-22-16(13)11-14/h3-6,9-12,24H,1-2H3,(H,21,22). The lowest BCUT2D eigenvalue weighted by molar-refractivity contribution is 0.143. The minimum absolute atomic E-state index is 0.861. The van der Waals surface area contributed by atoms with Gasteiger partial charge in [0.05, 0.1) is 21.5 Å². The fourth-order valence-corrected chi connectivity index (χ4v) is 3.36. The Morgan fingerprint density at radius 3 is 2.96 bits per heavy atom. The lowest BCUT2D eigenvalue weighted by atomic mass is 10.1. The van der Waals surface area contributed by atoms with Crippen molar-refractivity contribution in [2.75, 3.05) is 0 Å². The molecular weight excluding hydrogens is 332 g/mol. The summed E-state index contributed by atoms with van der Waals surface area (Å²) in [5.41, 5.74) is 1.00. The highest BCUT2D eigenvalue weighted by Gasteiger charge is 2.11. The molecule has 0 aliphatic rings. The Morgan fingerprint density at radius 2 is 2.12 bits per heavy atom. The molecular formula is C19H16N4OS. The molecule has 1 aromatic carbocycles. The summed E-state index contributed by atoms with van der Waals surface area (Å²) < 4.78 is 2.04. The van der Waals surface area contributed by atoms with Crippen LogP contribution in [0.4, 0.5) is 0 Å². The summed E-state index contributed by atoms with van der Waals surface area (Å²) in [6.45, 7) is 3.35. The minimum atomic E-state index is -0.998. The van der Waals surface area contributed by atoms with E-state index in [-0.39, 0.29) is 0 Å². The van der Waals surface area contributed by atoms with Crippen molar-refractivity contribution in [3.8, 4) is 28.2 Å². The van der Waals surface area contributed by atoms with E-state index in [0.717, 1.165) is 32.2 Å². The number of hydrogen-bond acceptors (Lipinski definition) is 4. The van der Waals surface area contributed by atoms with Crippen LogP contribution in [-0.4, -0.2) is 30.5 Å². The van der Waals surface area contributed by atoms with Gasteiger partial charge in [-0.15, -0.1) is 11.3 Å². The second-order valence-corrected chi connectivity index (χ2v) is 7.32. The van der Waals surface area contributed by atoms with E-state index in [1.807, 2.05) is 35.0 Å². The Labute approximate surface area is 149 Å². The van der Waals surface area contributed by atoms with E-state index >= 15 is 0 Å². The van der Waals surface area contributed by atoms with Crippen molar-refractivity contribution in [3.05, 3.63) is 53.8 Å². The van der Waals surface area contributed by atoms with Gasteiger partial charge in [0, 0.05) is 23.5 Å². The Kier molecular flexibility index (Phi) is 3.68. The van der Waals surface area contributed by atoms with Gasteiger partial charge < -0.3 is 5.11 Å². The number of aromatic nitrogens is 4. The van der Waals surface area contributed by atoms with Crippen molar-refractivity contribution in [2.45, 2.75) is 19.4 Å². The van der Waals surface area contributed by atoms with Gasteiger partial charge >= 0.3 is 0 Å². The predicted molar refractivity (Wildman–Crippen MR) is 99.7 cm³/mol. The van der Waals surface area contributed by atoms with Gasteiger partial charge in [0.25, 0.3) is 0 Å². The van der Waals surface area contributed by atoms with Crippen LogP contribution in [0.15, 0.2) is 48.9 Å². The summed E-state index contributed by atoms with van der Waals surface area (Å²) in [4.78, 5) is 6.42.